The molecule has 0 aliphatic carbocycles. The number of pyridine rings is 1. The Labute approximate surface area is 128 Å². The number of fused-ring (bicyclic) bond motifs is 1. The zero-order valence-corrected chi connectivity index (χ0v) is 12.8. The van der Waals surface area contributed by atoms with Crippen LogP contribution >= 0.6 is 11.3 Å². The van der Waals surface area contributed by atoms with Crippen molar-refractivity contribution in [2.45, 2.75) is 19.6 Å². The molecular weight excluding hydrogens is 280 g/mol. The quantitative estimate of drug-likeness (QED) is 0.750. The van der Waals surface area contributed by atoms with Crippen molar-refractivity contribution in [3.05, 3.63) is 58.9 Å². The first-order valence-electron chi connectivity index (χ1n) is 7.06. The van der Waals surface area contributed by atoms with Gasteiger partial charge in [-0.25, -0.2) is 0 Å². The van der Waals surface area contributed by atoms with Crippen molar-refractivity contribution in [2.75, 3.05) is 6.54 Å². The highest BCUT2D eigenvalue weighted by Crippen LogP contribution is 2.24. The molecule has 108 valence electrons. The van der Waals surface area contributed by atoms with Gasteiger partial charge in [-0.05, 0) is 42.6 Å². The van der Waals surface area contributed by atoms with Gasteiger partial charge >= 0.3 is 0 Å². The summed E-state index contributed by atoms with van der Waals surface area (Å²) in [6.07, 6.45) is 1.91. The van der Waals surface area contributed by atoms with Gasteiger partial charge in [-0.1, -0.05) is 12.1 Å². The standard InChI is InChI=1S/C17H18N2OS/c1-13(11-18-12-14-5-4-10-21-14)20-17-8-2-7-16-15(17)6-3-9-19-16/h2-10,13,18H,11-12H2,1H3. The third-order valence-electron chi connectivity index (χ3n) is 3.24. The fourth-order valence-corrected chi connectivity index (χ4v) is 2.92. The van der Waals surface area contributed by atoms with E-state index in [2.05, 4.69) is 34.7 Å². The van der Waals surface area contributed by atoms with Crippen LogP contribution < -0.4 is 10.1 Å². The number of nitrogens with zero attached hydrogens (tertiary/aromatic N) is 1. The molecule has 1 aromatic carbocycles. The van der Waals surface area contributed by atoms with Crippen LogP contribution in [0.4, 0.5) is 0 Å². The summed E-state index contributed by atoms with van der Waals surface area (Å²) >= 11 is 1.77. The fraction of sp³-hybridized carbons (Fsp3) is 0.235. The van der Waals surface area contributed by atoms with Crippen LogP contribution in [-0.4, -0.2) is 17.6 Å². The van der Waals surface area contributed by atoms with Crippen molar-refractivity contribution in [2.24, 2.45) is 0 Å². The summed E-state index contributed by atoms with van der Waals surface area (Å²) in [5.41, 5.74) is 0.966. The van der Waals surface area contributed by atoms with Crippen LogP contribution in [0, 0.1) is 0 Å². The van der Waals surface area contributed by atoms with Gasteiger partial charge in [-0.15, -0.1) is 11.3 Å². The lowest BCUT2D eigenvalue weighted by molar-refractivity contribution is 0.219. The molecule has 0 amide bonds. The highest BCUT2D eigenvalue weighted by molar-refractivity contribution is 7.09. The van der Waals surface area contributed by atoms with E-state index in [0.29, 0.717) is 0 Å². The molecule has 2 aromatic heterocycles. The number of nitrogens with one attached hydrogen (secondary N) is 1. The number of rotatable bonds is 6. The van der Waals surface area contributed by atoms with E-state index in [4.69, 9.17) is 4.74 Å². The second-order valence-electron chi connectivity index (χ2n) is 4.96. The normalized spacial score (nSPS) is 12.4. The molecule has 0 bridgehead atoms. The van der Waals surface area contributed by atoms with Gasteiger partial charge in [0.15, 0.2) is 0 Å². The van der Waals surface area contributed by atoms with E-state index in [0.717, 1.165) is 29.7 Å². The van der Waals surface area contributed by atoms with E-state index in [1.54, 1.807) is 17.5 Å². The number of thiophene rings is 1. The highest BCUT2D eigenvalue weighted by atomic mass is 32.1. The summed E-state index contributed by atoms with van der Waals surface area (Å²) in [7, 11) is 0. The SMILES string of the molecule is CC(CNCc1cccs1)Oc1cccc2ncccc12. The lowest BCUT2D eigenvalue weighted by atomic mass is 10.2. The first-order chi connectivity index (χ1) is 10.3. The molecule has 21 heavy (non-hydrogen) atoms. The maximum absolute atomic E-state index is 6.05. The van der Waals surface area contributed by atoms with Crippen molar-refractivity contribution in [1.82, 2.24) is 10.3 Å². The van der Waals surface area contributed by atoms with E-state index in [1.807, 2.05) is 30.3 Å². The predicted molar refractivity (Wildman–Crippen MR) is 87.9 cm³/mol. The molecule has 0 radical (unpaired) electrons. The smallest absolute Gasteiger partial charge is 0.129 e. The minimum absolute atomic E-state index is 0.107. The van der Waals surface area contributed by atoms with Gasteiger partial charge < -0.3 is 10.1 Å². The molecule has 0 aliphatic rings. The minimum Gasteiger partial charge on any atom is -0.489 e. The van der Waals surface area contributed by atoms with E-state index >= 15 is 0 Å². The first kappa shape index (κ1) is 14.0. The van der Waals surface area contributed by atoms with E-state index in [1.165, 1.54) is 4.88 Å². The second-order valence-corrected chi connectivity index (χ2v) is 6.00. The van der Waals surface area contributed by atoms with Crippen molar-refractivity contribution in [3.8, 4) is 5.75 Å². The highest BCUT2D eigenvalue weighted by Gasteiger charge is 2.07. The number of hydrogen-bond donors (Lipinski definition) is 1. The van der Waals surface area contributed by atoms with Gasteiger partial charge in [0.1, 0.15) is 11.9 Å². The maximum Gasteiger partial charge on any atom is 0.129 e. The summed E-state index contributed by atoms with van der Waals surface area (Å²) in [5, 5.41) is 6.58. The van der Waals surface area contributed by atoms with Gasteiger partial charge in [0.25, 0.3) is 0 Å². The summed E-state index contributed by atoms with van der Waals surface area (Å²) in [5.74, 6) is 0.894. The molecule has 4 heteroatoms. The van der Waals surface area contributed by atoms with Crippen LogP contribution in [0.5, 0.6) is 5.75 Å². The van der Waals surface area contributed by atoms with Crippen molar-refractivity contribution < 1.29 is 4.74 Å². The molecule has 0 fully saturated rings. The molecule has 0 aliphatic heterocycles. The van der Waals surface area contributed by atoms with Gasteiger partial charge in [0, 0.05) is 29.5 Å². The van der Waals surface area contributed by atoms with E-state index < -0.39 is 0 Å². The Hall–Kier alpha value is -1.91. The molecule has 1 N–H and O–H groups in total. The average Bonchev–Trinajstić information content (AvgIpc) is 3.01. The van der Waals surface area contributed by atoms with Gasteiger partial charge in [0.2, 0.25) is 0 Å². The number of hydrogen-bond acceptors (Lipinski definition) is 4. The summed E-state index contributed by atoms with van der Waals surface area (Å²) in [4.78, 5) is 5.69. The third-order valence-corrected chi connectivity index (χ3v) is 4.12. The Kier molecular flexibility index (Phi) is 4.48. The van der Waals surface area contributed by atoms with E-state index in [-0.39, 0.29) is 6.10 Å². The monoisotopic (exact) mass is 298 g/mol. The fourth-order valence-electron chi connectivity index (χ4n) is 2.25. The summed E-state index contributed by atoms with van der Waals surface area (Å²) in [6.45, 7) is 3.79. The van der Waals surface area contributed by atoms with Crippen LogP contribution in [0.2, 0.25) is 0 Å². The largest absolute Gasteiger partial charge is 0.489 e. The lowest BCUT2D eigenvalue weighted by Crippen LogP contribution is -2.28. The van der Waals surface area contributed by atoms with Crippen molar-refractivity contribution in [1.29, 1.82) is 0 Å². The van der Waals surface area contributed by atoms with Crippen molar-refractivity contribution in [3.63, 3.8) is 0 Å². The zero-order chi connectivity index (χ0) is 14.5. The third kappa shape index (κ3) is 3.60. The Balaban J connectivity index is 1.59. The molecule has 0 saturated carbocycles. The molecule has 1 atom stereocenters. The average molecular weight is 298 g/mol. The Morgan fingerprint density at radius 2 is 2.14 bits per heavy atom. The van der Waals surface area contributed by atoms with Gasteiger partial charge in [0.05, 0.1) is 5.52 Å². The lowest BCUT2D eigenvalue weighted by Gasteiger charge is -2.16. The Bertz CT molecular complexity index is 692. The van der Waals surface area contributed by atoms with Crippen LogP contribution in [0.15, 0.2) is 54.0 Å². The molecule has 1 unspecified atom stereocenters. The molecule has 3 nitrogen and oxygen atoms in total. The van der Waals surface area contributed by atoms with Crippen molar-refractivity contribution >= 4 is 22.2 Å². The molecule has 0 spiro atoms. The Morgan fingerprint density at radius 1 is 1.19 bits per heavy atom. The first-order valence-corrected chi connectivity index (χ1v) is 7.94. The Morgan fingerprint density at radius 3 is 3.00 bits per heavy atom. The van der Waals surface area contributed by atoms with Crippen LogP contribution in [0.25, 0.3) is 10.9 Å². The predicted octanol–water partition coefficient (Wildman–Crippen LogP) is 3.85. The number of aromatic nitrogens is 1. The molecule has 2 heterocycles. The topological polar surface area (TPSA) is 34.1 Å². The minimum atomic E-state index is 0.107. The number of benzene rings is 1. The van der Waals surface area contributed by atoms with Crippen LogP contribution in [0.1, 0.15) is 11.8 Å². The molecule has 3 aromatic rings. The van der Waals surface area contributed by atoms with E-state index in [9.17, 15) is 0 Å². The summed E-state index contributed by atoms with van der Waals surface area (Å²) < 4.78 is 6.05. The zero-order valence-electron chi connectivity index (χ0n) is 12.0. The number of ether oxygens (including phenoxy) is 1. The molecule has 3 rings (SSSR count). The second kappa shape index (κ2) is 6.70. The maximum atomic E-state index is 6.05. The van der Waals surface area contributed by atoms with Crippen LogP contribution in [-0.2, 0) is 6.54 Å². The van der Waals surface area contributed by atoms with Gasteiger partial charge in [-0.2, -0.15) is 0 Å². The van der Waals surface area contributed by atoms with Gasteiger partial charge in [-0.3, -0.25) is 4.98 Å². The molecule has 0 saturated heterocycles. The van der Waals surface area contributed by atoms with Crippen LogP contribution in [0.3, 0.4) is 0 Å². The summed E-state index contributed by atoms with van der Waals surface area (Å²) in [6, 6.07) is 14.2. The molecular formula is C17H18N2OS.